The van der Waals surface area contributed by atoms with E-state index < -0.39 is 0 Å². The van der Waals surface area contributed by atoms with Gasteiger partial charge in [0.15, 0.2) is 0 Å². The van der Waals surface area contributed by atoms with Gasteiger partial charge in [-0.05, 0) is 60.7 Å². The van der Waals surface area contributed by atoms with Crippen LogP contribution in [0.15, 0.2) is 54.6 Å². The quantitative estimate of drug-likeness (QED) is 0.629. The summed E-state index contributed by atoms with van der Waals surface area (Å²) in [6.07, 6.45) is 5.60. The summed E-state index contributed by atoms with van der Waals surface area (Å²) in [6.45, 7) is 2.23. The Morgan fingerprint density at radius 2 is 1.96 bits per heavy atom. The fraction of sp³-hybridized carbons (Fsp3) is 0.348. The molecule has 2 aromatic carbocycles. The number of esters is 1. The molecule has 4 nitrogen and oxygen atoms in total. The summed E-state index contributed by atoms with van der Waals surface area (Å²) in [6, 6.07) is 14.9. The van der Waals surface area contributed by atoms with Crippen LogP contribution in [0.1, 0.15) is 46.8 Å². The third-order valence-corrected chi connectivity index (χ3v) is 5.64. The number of nitrogens with zero attached hydrogens (tertiary/aromatic N) is 1. The molecule has 140 valence electrons. The summed E-state index contributed by atoms with van der Waals surface area (Å²) in [4.78, 5) is 14.2. The van der Waals surface area contributed by atoms with Gasteiger partial charge < -0.3 is 15.0 Å². The molecule has 0 aromatic heterocycles. The van der Waals surface area contributed by atoms with Crippen LogP contribution in [0.3, 0.4) is 0 Å². The smallest absolute Gasteiger partial charge is 0.338 e. The molecule has 1 heterocycles. The zero-order chi connectivity index (χ0) is 19.0. The molecule has 2 aromatic rings. The number of hydrogen-bond acceptors (Lipinski definition) is 4. The first-order valence-corrected chi connectivity index (χ1v) is 9.60. The molecule has 0 amide bonds. The molecule has 4 rings (SSSR count). The third kappa shape index (κ3) is 3.20. The van der Waals surface area contributed by atoms with Crippen LogP contribution in [0.4, 0.5) is 11.4 Å². The molecule has 0 bridgehead atoms. The summed E-state index contributed by atoms with van der Waals surface area (Å²) >= 11 is 0. The lowest BCUT2D eigenvalue weighted by molar-refractivity contribution is 0.0526. The average Bonchev–Trinajstić information content (AvgIpc) is 3.17. The Kier molecular flexibility index (Phi) is 4.65. The monoisotopic (exact) mass is 362 g/mol. The minimum absolute atomic E-state index is 0.250. The molecule has 3 unspecified atom stereocenters. The van der Waals surface area contributed by atoms with E-state index in [0.29, 0.717) is 24.0 Å². The van der Waals surface area contributed by atoms with Gasteiger partial charge in [-0.1, -0.05) is 24.3 Å². The molecular formula is C23H26N2O2. The number of carbonyl (C=O) groups excluding carboxylic acids is 1. The van der Waals surface area contributed by atoms with E-state index >= 15 is 0 Å². The number of fused-ring (bicyclic) bond motifs is 3. The molecule has 3 atom stereocenters. The van der Waals surface area contributed by atoms with E-state index in [1.54, 1.807) is 0 Å². The van der Waals surface area contributed by atoms with Crippen LogP contribution in [-0.4, -0.2) is 26.7 Å². The molecule has 27 heavy (non-hydrogen) atoms. The highest BCUT2D eigenvalue weighted by molar-refractivity contribution is 5.90. The van der Waals surface area contributed by atoms with E-state index in [0.717, 1.165) is 12.1 Å². The highest BCUT2D eigenvalue weighted by atomic mass is 16.5. The highest BCUT2D eigenvalue weighted by Crippen LogP contribution is 2.50. The second-order valence-corrected chi connectivity index (χ2v) is 7.48. The van der Waals surface area contributed by atoms with Crippen molar-refractivity contribution in [1.29, 1.82) is 0 Å². The van der Waals surface area contributed by atoms with E-state index in [1.165, 1.54) is 16.8 Å². The van der Waals surface area contributed by atoms with Gasteiger partial charge in [0.05, 0.1) is 18.2 Å². The number of carbonyl (C=O) groups is 1. The number of ether oxygens (including phenoxy) is 1. The van der Waals surface area contributed by atoms with Crippen molar-refractivity contribution in [2.75, 3.05) is 30.9 Å². The lowest BCUT2D eigenvalue weighted by Crippen LogP contribution is -2.29. The number of hydrogen-bond donors (Lipinski definition) is 1. The number of rotatable bonds is 4. The summed E-state index contributed by atoms with van der Waals surface area (Å²) in [7, 11) is 4.12. The van der Waals surface area contributed by atoms with Gasteiger partial charge in [-0.2, -0.15) is 0 Å². The van der Waals surface area contributed by atoms with Crippen LogP contribution >= 0.6 is 0 Å². The lowest BCUT2D eigenvalue weighted by atomic mass is 9.76. The van der Waals surface area contributed by atoms with Crippen molar-refractivity contribution in [3.05, 3.63) is 71.3 Å². The van der Waals surface area contributed by atoms with E-state index in [-0.39, 0.29) is 12.0 Å². The maximum atomic E-state index is 12.1. The number of nitrogens with one attached hydrogen (secondary N) is 1. The maximum Gasteiger partial charge on any atom is 0.338 e. The SMILES string of the molecule is CCOC(=O)c1ccc2c(c1)C1C=CCC1C(c1ccc(N(C)C)cc1)N2. The van der Waals surface area contributed by atoms with E-state index in [2.05, 4.69) is 60.7 Å². The third-order valence-electron chi connectivity index (χ3n) is 5.64. The Hall–Kier alpha value is -2.75. The minimum Gasteiger partial charge on any atom is -0.462 e. The zero-order valence-electron chi connectivity index (χ0n) is 16.1. The summed E-state index contributed by atoms with van der Waals surface area (Å²) in [5, 5.41) is 3.73. The average molecular weight is 362 g/mol. The molecule has 0 radical (unpaired) electrons. The standard InChI is InChI=1S/C23H26N2O2/c1-4-27-23(26)16-10-13-21-20(14-16)18-6-5-7-19(18)22(24-21)15-8-11-17(12-9-15)25(2)3/h5-6,8-14,18-19,22,24H,4,7H2,1-3H3. The highest BCUT2D eigenvalue weighted by Gasteiger charge is 2.38. The molecule has 0 saturated heterocycles. The zero-order valence-corrected chi connectivity index (χ0v) is 16.1. The lowest BCUT2D eigenvalue weighted by Gasteiger charge is -2.37. The van der Waals surface area contributed by atoms with Crippen LogP contribution in [0.25, 0.3) is 0 Å². The van der Waals surface area contributed by atoms with Gasteiger partial charge in [0.2, 0.25) is 0 Å². The van der Waals surface area contributed by atoms with Crippen molar-refractivity contribution in [3.63, 3.8) is 0 Å². The van der Waals surface area contributed by atoms with Gasteiger partial charge in [0, 0.05) is 31.4 Å². The topological polar surface area (TPSA) is 41.6 Å². The first kappa shape index (κ1) is 17.7. The Morgan fingerprint density at radius 3 is 2.67 bits per heavy atom. The number of allylic oxidation sites excluding steroid dienone is 2. The van der Waals surface area contributed by atoms with Crippen LogP contribution in [0.5, 0.6) is 0 Å². The van der Waals surface area contributed by atoms with Crippen molar-refractivity contribution in [2.24, 2.45) is 5.92 Å². The van der Waals surface area contributed by atoms with Gasteiger partial charge in [-0.15, -0.1) is 0 Å². The van der Waals surface area contributed by atoms with Gasteiger partial charge in [0.25, 0.3) is 0 Å². The van der Waals surface area contributed by atoms with Crippen LogP contribution in [0.2, 0.25) is 0 Å². The molecule has 1 aliphatic heterocycles. The minimum atomic E-state index is -0.250. The molecule has 2 aliphatic rings. The first-order valence-electron chi connectivity index (χ1n) is 9.60. The molecule has 0 fully saturated rings. The van der Waals surface area contributed by atoms with Crippen molar-refractivity contribution >= 4 is 17.3 Å². The van der Waals surface area contributed by atoms with Gasteiger partial charge in [-0.3, -0.25) is 0 Å². The first-order chi connectivity index (χ1) is 13.1. The second kappa shape index (κ2) is 7.10. The van der Waals surface area contributed by atoms with E-state index in [9.17, 15) is 4.79 Å². The van der Waals surface area contributed by atoms with Crippen molar-refractivity contribution in [3.8, 4) is 0 Å². The number of anilines is 2. The van der Waals surface area contributed by atoms with Crippen molar-refractivity contribution < 1.29 is 9.53 Å². The normalized spacial score (nSPS) is 22.6. The van der Waals surface area contributed by atoms with Gasteiger partial charge in [-0.25, -0.2) is 4.79 Å². The molecule has 4 heteroatoms. The molecule has 0 spiro atoms. The second-order valence-electron chi connectivity index (χ2n) is 7.48. The van der Waals surface area contributed by atoms with Gasteiger partial charge >= 0.3 is 5.97 Å². The Balaban J connectivity index is 1.67. The maximum absolute atomic E-state index is 12.1. The van der Waals surface area contributed by atoms with Gasteiger partial charge in [0.1, 0.15) is 0 Å². The Bertz CT molecular complexity index is 870. The van der Waals surface area contributed by atoms with Crippen LogP contribution < -0.4 is 10.2 Å². The summed E-state index contributed by atoms with van der Waals surface area (Å²) in [5.41, 5.74) is 5.44. The van der Waals surface area contributed by atoms with E-state index in [1.807, 2.05) is 25.1 Å². The predicted octanol–water partition coefficient (Wildman–Crippen LogP) is 4.76. The molecule has 1 N–H and O–H groups in total. The predicted molar refractivity (Wildman–Crippen MR) is 110 cm³/mol. The van der Waals surface area contributed by atoms with Crippen molar-refractivity contribution in [2.45, 2.75) is 25.3 Å². The summed E-state index contributed by atoms with van der Waals surface area (Å²) in [5.74, 6) is 0.537. The van der Waals surface area contributed by atoms with Crippen LogP contribution in [-0.2, 0) is 4.74 Å². The van der Waals surface area contributed by atoms with Crippen molar-refractivity contribution in [1.82, 2.24) is 0 Å². The Labute approximate surface area is 160 Å². The summed E-state index contributed by atoms with van der Waals surface area (Å²) < 4.78 is 5.17. The molecule has 0 saturated carbocycles. The van der Waals surface area contributed by atoms with E-state index in [4.69, 9.17) is 4.74 Å². The van der Waals surface area contributed by atoms with Crippen LogP contribution in [0, 0.1) is 5.92 Å². The Morgan fingerprint density at radius 1 is 1.19 bits per heavy atom. The molecule has 1 aliphatic carbocycles. The number of benzene rings is 2. The fourth-order valence-corrected chi connectivity index (χ4v) is 4.25. The molecular weight excluding hydrogens is 336 g/mol. The fourth-order valence-electron chi connectivity index (χ4n) is 4.25. The largest absolute Gasteiger partial charge is 0.462 e.